The molecule has 5 nitrogen and oxygen atoms in total. The summed E-state index contributed by atoms with van der Waals surface area (Å²) in [6.07, 6.45) is 2.05. The molecule has 82 valence electrons. The Morgan fingerprint density at radius 3 is 2.36 bits per heavy atom. The first-order valence-corrected chi connectivity index (χ1v) is 4.71. The molecular formula is C9H18N2O3. The highest BCUT2D eigenvalue weighted by Crippen LogP contribution is 2.01. The summed E-state index contributed by atoms with van der Waals surface area (Å²) in [7, 11) is 1.65. The number of amides is 2. The van der Waals surface area contributed by atoms with E-state index < -0.39 is 0 Å². The molecule has 0 radical (unpaired) electrons. The third-order valence-electron chi connectivity index (χ3n) is 1.92. The van der Waals surface area contributed by atoms with Crippen LogP contribution in [0.3, 0.4) is 0 Å². The Hall–Kier alpha value is -1.10. The van der Waals surface area contributed by atoms with Crippen LogP contribution in [0.1, 0.15) is 25.7 Å². The van der Waals surface area contributed by atoms with Gasteiger partial charge in [0.05, 0.1) is 6.61 Å². The number of hydrogen-bond acceptors (Lipinski definition) is 3. The van der Waals surface area contributed by atoms with E-state index in [-0.39, 0.29) is 18.4 Å². The van der Waals surface area contributed by atoms with Crippen molar-refractivity contribution in [1.29, 1.82) is 0 Å². The molecule has 0 aromatic carbocycles. The summed E-state index contributed by atoms with van der Waals surface area (Å²) in [5, 5.41) is 8.57. The van der Waals surface area contributed by atoms with Gasteiger partial charge in [-0.3, -0.25) is 9.59 Å². The number of rotatable bonds is 7. The van der Waals surface area contributed by atoms with E-state index in [0.717, 1.165) is 0 Å². The monoisotopic (exact) mass is 202 g/mol. The zero-order valence-electron chi connectivity index (χ0n) is 8.53. The maximum Gasteiger partial charge on any atom is 0.222 e. The maximum absolute atomic E-state index is 11.3. The van der Waals surface area contributed by atoms with Crippen molar-refractivity contribution >= 4 is 11.8 Å². The minimum atomic E-state index is -0.332. The molecule has 0 atom stereocenters. The number of aliphatic hydroxyl groups is 1. The van der Waals surface area contributed by atoms with E-state index in [1.165, 1.54) is 4.90 Å². The average molecular weight is 202 g/mol. The molecule has 0 rings (SSSR count). The van der Waals surface area contributed by atoms with Crippen molar-refractivity contribution in [2.45, 2.75) is 25.7 Å². The van der Waals surface area contributed by atoms with Crippen molar-refractivity contribution in [1.82, 2.24) is 4.90 Å². The molecule has 0 aromatic rings. The number of nitrogens with zero attached hydrogens (tertiary/aromatic N) is 1. The van der Waals surface area contributed by atoms with Gasteiger partial charge in [0.15, 0.2) is 0 Å². The Bertz CT molecular complexity index is 194. The molecule has 3 N–H and O–H groups in total. The van der Waals surface area contributed by atoms with Crippen molar-refractivity contribution in [3.8, 4) is 0 Å². The lowest BCUT2D eigenvalue weighted by Gasteiger charge is -2.15. The molecule has 0 bridgehead atoms. The third kappa shape index (κ3) is 6.42. The second-order valence-electron chi connectivity index (χ2n) is 3.21. The van der Waals surface area contributed by atoms with Gasteiger partial charge in [-0.25, -0.2) is 0 Å². The molecule has 0 aliphatic rings. The molecule has 0 saturated heterocycles. The smallest absolute Gasteiger partial charge is 0.222 e. The van der Waals surface area contributed by atoms with E-state index in [9.17, 15) is 9.59 Å². The van der Waals surface area contributed by atoms with Crippen LogP contribution in [-0.2, 0) is 9.59 Å². The Balaban J connectivity index is 3.48. The van der Waals surface area contributed by atoms with Gasteiger partial charge in [0.1, 0.15) is 0 Å². The Morgan fingerprint density at radius 1 is 1.29 bits per heavy atom. The average Bonchev–Trinajstić information content (AvgIpc) is 2.12. The summed E-state index contributed by atoms with van der Waals surface area (Å²) in [5.74, 6) is -0.343. The third-order valence-corrected chi connectivity index (χ3v) is 1.92. The number of primary amides is 1. The number of hydrogen-bond donors (Lipinski definition) is 2. The highest BCUT2D eigenvalue weighted by atomic mass is 16.3. The van der Waals surface area contributed by atoms with Crippen LogP contribution in [0.4, 0.5) is 0 Å². The quantitative estimate of drug-likeness (QED) is 0.545. The predicted molar refractivity (Wildman–Crippen MR) is 52.4 cm³/mol. The SMILES string of the molecule is CN(CCO)C(=O)CCCCC(N)=O. The van der Waals surface area contributed by atoms with Gasteiger partial charge in [0.2, 0.25) is 11.8 Å². The zero-order valence-corrected chi connectivity index (χ0v) is 8.53. The first kappa shape index (κ1) is 12.9. The summed E-state index contributed by atoms with van der Waals surface area (Å²) in [4.78, 5) is 23.1. The van der Waals surface area contributed by atoms with Crippen LogP contribution in [0.5, 0.6) is 0 Å². The lowest BCUT2D eigenvalue weighted by atomic mass is 10.2. The van der Waals surface area contributed by atoms with Crippen molar-refractivity contribution in [3.05, 3.63) is 0 Å². The van der Waals surface area contributed by atoms with Gasteiger partial charge in [-0.1, -0.05) is 0 Å². The van der Waals surface area contributed by atoms with E-state index in [1.54, 1.807) is 7.05 Å². The first-order chi connectivity index (χ1) is 6.57. The van der Waals surface area contributed by atoms with Gasteiger partial charge in [0.25, 0.3) is 0 Å². The fraction of sp³-hybridized carbons (Fsp3) is 0.778. The second-order valence-corrected chi connectivity index (χ2v) is 3.21. The summed E-state index contributed by atoms with van der Waals surface area (Å²) in [6.45, 7) is 0.332. The molecule has 5 heteroatoms. The number of nitrogens with two attached hydrogens (primary N) is 1. The van der Waals surface area contributed by atoms with E-state index in [4.69, 9.17) is 10.8 Å². The van der Waals surface area contributed by atoms with Gasteiger partial charge in [-0.15, -0.1) is 0 Å². The van der Waals surface area contributed by atoms with Crippen LogP contribution in [0.15, 0.2) is 0 Å². The number of likely N-dealkylation sites (N-methyl/N-ethyl adjacent to an activating group) is 1. The first-order valence-electron chi connectivity index (χ1n) is 4.71. The van der Waals surface area contributed by atoms with Crippen molar-refractivity contribution in [2.75, 3.05) is 20.2 Å². The fourth-order valence-corrected chi connectivity index (χ4v) is 1.04. The Labute approximate surface area is 83.9 Å². The number of aliphatic hydroxyl groups excluding tert-OH is 1. The molecule has 0 saturated carbocycles. The molecule has 0 fully saturated rings. The molecule has 0 aliphatic heterocycles. The van der Waals surface area contributed by atoms with Crippen LogP contribution in [0, 0.1) is 0 Å². The summed E-state index contributed by atoms with van der Waals surface area (Å²) in [5.41, 5.74) is 4.95. The van der Waals surface area contributed by atoms with Crippen molar-refractivity contribution in [2.24, 2.45) is 5.73 Å². The van der Waals surface area contributed by atoms with Crippen molar-refractivity contribution in [3.63, 3.8) is 0 Å². The largest absolute Gasteiger partial charge is 0.395 e. The minimum absolute atomic E-state index is 0.0106. The zero-order chi connectivity index (χ0) is 11.0. The van der Waals surface area contributed by atoms with Gasteiger partial charge in [-0.05, 0) is 12.8 Å². The fourth-order valence-electron chi connectivity index (χ4n) is 1.04. The van der Waals surface area contributed by atoms with Gasteiger partial charge in [0, 0.05) is 26.4 Å². The molecule has 0 unspecified atom stereocenters. The van der Waals surface area contributed by atoms with Crippen LogP contribution < -0.4 is 5.73 Å². The van der Waals surface area contributed by atoms with Gasteiger partial charge in [-0.2, -0.15) is 0 Å². The summed E-state index contributed by atoms with van der Waals surface area (Å²) >= 11 is 0. The normalized spacial score (nSPS) is 9.86. The van der Waals surface area contributed by atoms with E-state index in [2.05, 4.69) is 0 Å². The number of carbonyl (C=O) groups is 2. The molecule has 0 heterocycles. The molecule has 14 heavy (non-hydrogen) atoms. The number of unbranched alkanes of at least 4 members (excludes halogenated alkanes) is 1. The lowest BCUT2D eigenvalue weighted by molar-refractivity contribution is -0.130. The highest BCUT2D eigenvalue weighted by Gasteiger charge is 2.07. The number of carbonyl (C=O) groups excluding carboxylic acids is 2. The molecule has 0 spiro atoms. The van der Waals surface area contributed by atoms with E-state index in [1.807, 2.05) is 0 Å². The van der Waals surface area contributed by atoms with Crippen LogP contribution in [0.25, 0.3) is 0 Å². The Morgan fingerprint density at radius 2 is 1.86 bits per heavy atom. The molecular weight excluding hydrogens is 184 g/mol. The summed E-state index contributed by atoms with van der Waals surface area (Å²) in [6, 6.07) is 0. The molecule has 2 amide bonds. The van der Waals surface area contributed by atoms with E-state index in [0.29, 0.717) is 32.2 Å². The lowest BCUT2D eigenvalue weighted by Crippen LogP contribution is -2.29. The van der Waals surface area contributed by atoms with Crippen LogP contribution in [-0.4, -0.2) is 42.0 Å². The van der Waals surface area contributed by atoms with Crippen molar-refractivity contribution < 1.29 is 14.7 Å². The predicted octanol–water partition coefficient (Wildman–Crippen LogP) is -0.517. The maximum atomic E-state index is 11.3. The second kappa shape index (κ2) is 7.32. The van der Waals surface area contributed by atoms with Gasteiger partial charge < -0.3 is 15.7 Å². The standard InChI is InChI=1S/C9H18N2O3/c1-11(6-7-12)9(14)5-3-2-4-8(10)13/h12H,2-7H2,1H3,(H2,10,13). The van der Waals surface area contributed by atoms with Crippen LogP contribution in [0.2, 0.25) is 0 Å². The molecule has 0 aliphatic carbocycles. The van der Waals surface area contributed by atoms with Gasteiger partial charge >= 0.3 is 0 Å². The topological polar surface area (TPSA) is 83.6 Å². The highest BCUT2D eigenvalue weighted by molar-refractivity contribution is 5.76. The van der Waals surface area contributed by atoms with E-state index >= 15 is 0 Å². The van der Waals surface area contributed by atoms with Crippen LogP contribution >= 0.6 is 0 Å². The summed E-state index contributed by atoms with van der Waals surface area (Å²) < 4.78 is 0. The minimum Gasteiger partial charge on any atom is -0.395 e. The molecule has 0 aromatic heterocycles. The Kier molecular flexibility index (Phi) is 6.74.